The van der Waals surface area contributed by atoms with Crippen molar-refractivity contribution in [2.45, 2.75) is 32.6 Å². The molecular weight excluding hydrogens is 494 g/mol. The number of hydrogen-bond donors (Lipinski definition) is 2. The van der Waals surface area contributed by atoms with E-state index in [2.05, 4.69) is 37.3 Å². The van der Waals surface area contributed by atoms with Crippen LogP contribution in [-0.4, -0.2) is 35.8 Å². The molecule has 2 rings (SSSR count). The molecule has 6 nitrogen and oxygen atoms in total. The highest BCUT2D eigenvalue weighted by Crippen LogP contribution is 2.17. The van der Waals surface area contributed by atoms with Gasteiger partial charge in [-0.2, -0.15) is 13.2 Å². The Hall–Kier alpha value is -1.63. The smallest absolute Gasteiger partial charge is 0.422 e. The fraction of sp³-hybridized carbons (Fsp3) is 0.438. The zero-order valence-corrected chi connectivity index (χ0v) is 18.0. The third-order valence-corrected chi connectivity index (χ3v) is 4.37. The van der Waals surface area contributed by atoms with Gasteiger partial charge in [-0.25, -0.2) is 9.97 Å². The average Bonchev–Trinajstić information content (AvgIpc) is 3.08. The maximum Gasteiger partial charge on any atom is 0.422 e. The topological polar surface area (TPSA) is 71.4 Å². The largest absolute Gasteiger partial charge is 0.468 e. The summed E-state index contributed by atoms with van der Waals surface area (Å²) in [6, 6.07) is 3.15. The van der Waals surface area contributed by atoms with E-state index < -0.39 is 12.8 Å². The molecule has 0 aliphatic rings. The van der Waals surface area contributed by atoms with Crippen molar-refractivity contribution in [3.8, 4) is 5.88 Å². The standard InChI is InChI=1S/C16H20F3N5OS.HI/c1-3-12-8-22-14(26-12)9-24-15(20-2)23-7-11-4-5-21-13(6-11)25-10-16(17,18)19;/h4-6,8H,3,7,9-10H2,1-2H3,(H2,20,23,24);1H. The molecule has 11 heteroatoms. The van der Waals surface area contributed by atoms with Crippen LogP contribution in [0.15, 0.2) is 29.5 Å². The van der Waals surface area contributed by atoms with Gasteiger partial charge >= 0.3 is 6.18 Å². The molecule has 0 unspecified atom stereocenters. The van der Waals surface area contributed by atoms with Gasteiger partial charge in [-0.3, -0.25) is 4.99 Å². The van der Waals surface area contributed by atoms with Gasteiger partial charge in [0.05, 0.1) is 6.54 Å². The Morgan fingerprint density at radius 1 is 1.26 bits per heavy atom. The number of alkyl halides is 3. The second-order valence-corrected chi connectivity index (χ2v) is 6.46. The van der Waals surface area contributed by atoms with Crippen molar-refractivity contribution in [3.05, 3.63) is 40.0 Å². The monoisotopic (exact) mass is 515 g/mol. The third kappa shape index (κ3) is 8.73. The van der Waals surface area contributed by atoms with Crippen molar-refractivity contribution in [2.24, 2.45) is 4.99 Å². The van der Waals surface area contributed by atoms with Gasteiger partial charge in [-0.05, 0) is 18.1 Å². The Kier molecular flexibility index (Phi) is 9.77. The van der Waals surface area contributed by atoms with Gasteiger partial charge in [-0.1, -0.05) is 6.92 Å². The van der Waals surface area contributed by atoms with Crippen molar-refractivity contribution in [2.75, 3.05) is 13.7 Å². The highest BCUT2D eigenvalue weighted by atomic mass is 127. The van der Waals surface area contributed by atoms with E-state index in [-0.39, 0.29) is 29.9 Å². The van der Waals surface area contributed by atoms with Crippen LogP contribution in [0.5, 0.6) is 5.88 Å². The minimum atomic E-state index is -4.39. The maximum atomic E-state index is 12.2. The van der Waals surface area contributed by atoms with Crippen molar-refractivity contribution in [3.63, 3.8) is 0 Å². The Morgan fingerprint density at radius 2 is 2.00 bits per heavy atom. The lowest BCUT2D eigenvalue weighted by Gasteiger charge is -2.12. The predicted octanol–water partition coefficient (Wildman–Crippen LogP) is 3.52. The number of aliphatic imine (C=N–C) groups is 1. The normalized spacial score (nSPS) is 11.7. The summed E-state index contributed by atoms with van der Waals surface area (Å²) in [7, 11) is 1.64. The summed E-state index contributed by atoms with van der Waals surface area (Å²) in [5.74, 6) is 0.493. The molecule has 2 heterocycles. The van der Waals surface area contributed by atoms with Crippen LogP contribution in [-0.2, 0) is 19.5 Å². The summed E-state index contributed by atoms with van der Waals surface area (Å²) in [5.41, 5.74) is 0.725. The molecular formula is C16H21F3IN5OS. The second kappa shape index (κ2) is 11.3. The fourth-order valence-electron chi connectivity index (χ4n) is 1.95. The van der Waals surface area contributed by atoms with E-state index in [1.165, 1.54) is 17.1 Å². The lowest BCUT2D eigenvalue weighted by atomic mass is 10.2. The van der Waals surface area contributed by atoms with Gasteiger partial charge in [0.2, 0.25) is 5.88 Å². The zero-order valence-electron chi connectivity index (χ0n) is 14.8. The van der Waals surface area contributed by atoms with Crippen LogP contribution in [0.3, 0.4) is 0 Å². The summed E-state index contributed by atoms with van der Waals surface area (Å²) < 4.78 is 41.2. The second-order valence-electron chi connectivity index (χ2n) is 5.26. The zero-order chi connectivity index (χ0) is 19.0. The first kappa shape index (κ1) is 23.4. The van der Waals surface area contributed by atoms with Crippen molar-refractivity contribution in [1.82, 2.24) is 20.6 Å². The highest BCUT2D eigenvalue weighted by molar-refractivity contribution is 14.0. The number of aryl methyl sites for hydroxylation is 1. The molecule has 150 valence electrons. The Bertz CT molecular complexity index is 739. The van der Waals surface area contributed by atoms with E-state index in [0.29, 0.717) is 19.0 Å². The maximum absolute atomic E-state index is 12.2. The number of nitrogens with one attached hydrogen (secondary N) is 2. The summed E-state index contributed by atoms with van der Waals surface area (Å²) in [6.07, 6.45) is -0.182. The molecule has 0 spiro atoms. The molecule has 0 atom stereocenters. The number of pyridine rings is 1. The molecule has 0 aliphatic heterocycles. The van der Waals surface area contributed by atoms with Crippen molar-refractivity contribution >= 4 is 41.3 Å². The number of nitrogens with zero attached hydrogens (tertiary/aromatic N) is 3. The van der Waals surface area contributed by atoms with Crippen LogP contribution in [0.1, 0.15) is 22.4 Å². The number of hydrogen-bond acceptors (Lipinski definition) is 5. The number of aromatic nitrogens is 2. The first-order valence-corrected chi connectivity index (χ1v) is 8.74. The number of rotatable bonds is 7. The molecule has 0 bridgehead atoms. The molecule has 2 aromatic rings. The molecule has 0 aromatic carbocycles. The molecule has 27 heavy (non-hydrogen) atoms. The van der Waals surface area contributed by atoms with Crippen LogP contribution in [0.2, 0.25) is 0 Å². The molecule has 2 N–H and O–H groups in total. The molecule has 0 radical (unpaired) electrons. The molecule has 0 aliphatic carbocycles. The lowest BCUT2D eigenvalue weighted by molar-refractivity contribution is -0.154. The first-order valence-electron chi connectivity index (χ1n) is 7.92. The van der Waals surface area contributed by atoms with Crippen LogP contribution < -0.4 is 15.4 Å². The van der Waals surface area contributed by atoms with Gasteiger partial charge < -0.3 is 15.4 Å². The van der Waals surface area contributed by atoms with Crippen LogP contribution in [0.25, 0.3) is 0 Å². The summed E-state index contributed by atoms with van der Waals surface area (Å²) in [4.78, 5) is 13.4. The number of thiazole rings is 1. The summed E-state index contributed by atoms with van der Waals surface area (Å²) in [6.45, 7) is 1.61. The van der Waals surface area contributed by atoms with Gasteiger partial charge in [0, 0.05) is 36.9 Å². The van der Waals surface area contributed by atoms with Gasteiger partial charge in [-0.15, -0.1) is 35.3 Å². The van der Waals surface area contributed by atoms with Crippen LogP contribution in [0, 0.1) is 0 Å². The van der Waals surface area contributed by atoms with Crippen LogP contribution in [0.4, 0.5) is 13.2 Å². The van der Waals surface area contributed by atoms with E-state index in [1.807, 2.05) is 6.20 Å². The quantitative estimate of drug-likeness (QED) is 0.336. The van der Waals surface area contributed by atoms with E-state index in [0.717, 1.165) is 17.0 Å². The lowest BCUT2D eigenvalue weighted by Crippen LogP contribution is -2.36. The summed E-state index contributed by atoms with van der Waals surface area (Å²) >= 11 is 1.64. The van der Waals surface area contributed by atoms with E-state index in [4.69, 9.17) is 0 Å². The minimum absolute atomic E-state index is 0. The average molecular weight is 515 g/mol. The molecule has 2 aromatic heterocycles. The number of halogens is 4. The highest BCUT2D eigenvalue weighted by Gasteiger charge is 2.28. The third-order valence-electron chi connectivity index (χ3n) is 3.22. The van der Waals surface area contributed by atoms with Crippen molar-refractivity contribution < 1.29 is 17.9 Å². The molecule has 0 amide bonds. The summed E-state index contributed by atoms with van der Waals surface area (Å²) in [5, 5.41) is 7.19. The van der Waals surface area contributed by atoms with Gasteiger partial charge in [0.15, 0.2) is 12.6 Å². The Labute approximate surface area is 176 Å². The van der Waals surface area contributed by atoms with Crippen LogP contribution >= 0.6 is 35.3 Å². The van der Waals surface area contributed by atoms with E-state index >= 15 is 0 Å². The minimum Gasteiger partial charge on any atom is -0.468 e. The molecule has 0 saturated heterocycles. The fourth-order valence-corrected chi connectivity index (χ4v) is 2.76. The van der Waals surface area contributed by atoms with E-state index in [9.17, 15) is 13.2 Å². The SMILES string of the molecule is CCc1cnc(CNC(=NC)NCc2ccnc(OCC(F)(F)F)c2)s1.I. The number of guanidine groups is 1. The Balaban J connectivity index is 0.00000364. The Morgan fingerprint density at radius 3 is 2.63 bits per heavy atom. The van der Waals surface area contributed by atoms with Gasteiger partial charge in [0.1, 0.15) is 5.01 Å². The van der Waals surface area contributed by atoms with Crippen molar-refractivity contribution in [1.29, 1.82) is 0 Å². The molecule has 0 saturated carbocycles. The number of ether oxygens (including phenoxy) is 1. The van der Waals surface area contributed by atoms with Gasteiger partial charge in [0.25, 0.3) is 0 Å². The van der Waals surface area contributed by atoms with E-state index in [1.54, 1.807) is 24.5 Å². The molecule has 0 fully saturated rings. The first-order chi connectivity index (χ1) is 12.4. The predicted molar refractivity (Wildman–Crippen MR) is 110 cm³/mol.